The van der Waals surface area contributed by atoms with Crippen LogP contribution in [0.4, 0.5) is 0 Å². The predicted octanol–water partition coefficient (Wildman–Crippen LogP) is 14.0. The number of nitrogens with zero attached hydrogens (tertiary/aromatic N) is 8. The van der Waals surface area contributed by atoms with Crippen LogP contribution in [0.2, 0.25) is 0 Å². The molecule has 3 aromatic heterocycles. The molecule has 0 aliphatic heterocycles. The monoisotopic (exact) mass is 866 g/mol. The van der Waals surface area contributed by atoms with Gasteiger partial charge in [-0.25, -0.2) is 15.0 Å². The van der Waals surface area contributed by atoms with Crippen LogP contribution in [0.25, 0.3) is 111 Å². The van der Waals surface area contributed by atoms with E-state index in [1.807, 2.05) is 146 Å². The Morgan fingerprint density at radius 1 is 0.294 bits per heavy atom. The first-order chi connectivity index (χ1) is 33.6. The molecule has 0 saturated carbocycles. The van der Waals surface area contributed by atoms with Crippen LogP contribution in [0.3, 0.4) is 0 Å². The summed E-state index contributed by atoms with van der Waals surface area (Å²) in [7, 11) is 0. The van der Waals surface area contributed by atoms with E-state index in [-0.39, 0.29) is 0 Å². The SMILES string of the molecule is N#Cc1ccc(-c2cc(-c3cc(-c4nc(-c5ccccc5)nc(-c5ccccc5)n4)ccc3-n3c4ccccc4c4cc(C#N)ccc43)ccc2-n2c3ccccc3c3cc(C#N)ccc32)cc1. The Bertz CT molecular complexity index is 4050. The van der Waals surface area contributed by atoms with Crippen LogP contribution in [-0.2, 0) is 0 Å². The molecule has 0 aliphatic carbocycles. The highest BCUT2D eigenvalue weighted by Crippen LogP contribution is 2.42. The number of para-hydroxylation sites is 2. The highest BCUT2D eigenvalue weighted by molar-refractivity contribution is 6.11. The third-order valence-corrected chi connectivity index (χ3v) is 12.7. The summed E-state index contributed by atoms with van der Waals surface area (Å²) in [5, 5.41) is 33.8. The van der Waals surface area contributed by atoms with Crippen LogP contribution < -0.4 is 0 Å². The van der Waals surface area contributed by atoms with E-state index >= 15 is 0 Å². The summed E-state index contributed by atoms with van der Waals surface area (Å²) in [5.74, 6) is 1.66. The lowest BCUT2D eigenvalue weighted by atomic mass is 9.94. The van der Waals surface area contributed by atoms with Gasteiger partial charge < -0.3 is 9.13 Å². The molecular formula is C60H34N8. The van der Waals surface area contributed by atoms with Crippen LogP contribution in [0, 0.1) is 34.0 Å². The Morgan fingerprint density at radius 2 is 0.676 bits per heavy atom. The number of benzene rings is 9. The molecule has 0 fully saturated rings. The highest BCUT2D eigenvalue weighted by Gasteiger charge is 2.22. The van der Waals surface area contributed by atoms with E-state index in [0.717, 1.165) is 93.9 Å². The van der Waals surface area contributed by atoms with Gasteiger partial charge in [-0.15, -0.1) is 0 Å². The molecule has 9 aromatic carbocycles. The lowest BCUT2D eigenvalue weighted by Gasteiger charge is -2.19. The third-order valence-electron chi connectivity index (χ3n) is 12.7. The van der Waals surface area contributed by atoms with Crippen molar-refractivity contribution in [3.63, 3.8) is 0 Å². The van der Waals surface area contributed by atoms with Crippen molar-refractivity contribution in [3.05, 3.63) is 223 Å². The third kappa shape index (κ3) is 6.63. The maximum Gasteiger partial charge on any atom is 0.164 e. The average molecular weight is 867 g/mol. The minimum atomic E-state index is 0.525. The molecule has 12 aromatic rings. The number of nitriles is 3. The first-order valence-electron chi connectivity index (χ1n) is 22.1. The van der Waals surface area contributed by atoms with E-state index in [1.54, 1.807) is 0 Å². The zero-order valence-corrected chi connectivity index (χ0v) is 36.2. The fraction of sp³-hybridized carbons (Fsp3) is 0. The molecule has 314 valence electrons. The zero-order valence-electron chi connectivity index (χ0n) is 36.2. The molecule has 0 aliphatic rings. The maximum atomic E-state index is 9.99. The number of fused-ring (bicyclic) bond motifs is 6. The van der Waals surface area contributed by atoms with Gasteiger partial charge in [-0.1, -0.05) is 115 Å². The van der Waals surface area contributed by atoms with Gasteiger partial charge in [-0.05, 0) is 102 Å². The second-order valence-electron chi connectivity index (χ2n) is 16.6. The lowest BCUT2D eigenvalue weighted by Crippen LogP contribution is -2.02. The smallest absolute Gasteiger partial charge is 0.164 e. The Hall–Kier alpha value is -9.94. The van der Waals surface area contributed by atoms with Gasteiger partial charge in [0, 0.05) is 49.4 Å². The van der Waals surface area contributed by atoms with Crippen molar-refractivity contribution in [1.82, 2.24) is 24.1 Å². The quantitative estimate of drug-likeness (QED) is 0.157. The molecule has 0 unspecified atom stereocenters. The number of aromatic nitrogens is 5. The Kier molecular flexibility index (Phi) is 9.47. The van der Waals surface area contributed by atoms with E-state index in [1.165, 1.54) is 0 Å². The van der Waals surface area contributed by atoms with Crippen molar-refractivity contribution in [1.29, 1.82) is 15.8 Å². The van der Waals surface area contributed by atoms with Gasteiger partial charge in [-0.3, -0.25) is 0 Å². The Balaban J connectivity index is 1.16. The number of hydrogen-bond acceptors (Lipinski definition) is 6. The van der Waals surface area contributed by atoms with Crippen molar-refractivity contribution in [2.45, 2.75) is 0 Å². The van der Waals surface area contributed by atoms with Crippen molar-refractivity contribution in [3.8, 4) is 86.0 Å². The lowest BCUT2D eigenvalue weighted by molar-refractivity contribution is 1.07. The van der Waals surface area contributed by atoms with E-state index < -0.39 is 0 Å². The first kappa shape index (κ1) is 39.6. The van der Waals surface area contributed by atoms with E-state index in [9.17, 15) is 15.8 Å². The van der Waals surface area contributed by atoms with Gasteiger partial charge in [0.2, 0.25) is 0 Å². The highest BCUT2D eigenvalue weighted by atomic mass is 15.0. The molecule has 68 heavy (non-hydrogen) atoms. The second-order valence-corrected chi connectivity index (χ2v) is 16.6. The summed E-state index contributed by atoms with van der Waals surface area (Å²) in [5.41, 5.74) is 13.8. The Labute approximate surface area is 390 Å². The Morgan fingerprint density at radius 3 is 1.18 bits per heavy atom. The summed E-state index contributed by atoms with van der Waals surface area (Å²) in [6, 6.07) is 75.8. The van der Waals surface area contributed by atoms with Gasteiger partial charge in [0.1, 0.15) is 0 Å². The van der Waals surface area contributed by atoms with Crippen LogP contribution >= 0.6 is 0 Å². The van der Waals surface area contributed by atoms with Crippen LogP contribution in [0.15, 0.2) is 206 Å². The molecule has 8 nitrogen and oxygen atoms in total. The summed E-state index contributed by atoms with van der Waals surface area (Å²) in [4.78, 5) is 15.2. The molecule has 0 N–H and O–H groups in total. The zero-order chi connectivity index (χ0) is 45.7. The molecule has 0 saturated heterocycles. The normalized spacial score (nSPS) is 11.2. The topological polar surface area (TPSA) is 120 Å². The summed E-state index contributed by atoms with van der Waals surface area (Å²) in [6.45, 7) is 0. The number of hydrogen-bond donors (Lipinski definition) is 0. The van der Waals surface area contributed by atoms with Gasteiger partial charge >= 0.3 is 0 Å². The largest absolute Gasteiger partial charge is 0.309 e. The molecule has 3 heterocycles. The molecule has 0 amide bonds. The summed E-state index contributed by atoms with van der Waals surface area (Å²) < 4.78 is 4.54. The number of rotatable bonds is 7. The molecule has 8 heteroatoms. The minimum absolute atomic E-state index is 0.525. The van der Waals surface area contributed by atoms with Crippen molar-refractivity contribution >= 4 is 43.6 Å². The molecule has 0 radical (unpaired) electrons. The fourth-order valence-electron chi connectivity index (χ4n) is 9.50. The van der Waals surface area contributed by atoms with Gasteiger partial charge in [0.15, 0.2) is 17.5 Å². The molecule has 12 rings (SSSR count). The fourth-order valence-corrected chi connectivity index (χ4v) is 9.50. The van der Waals surface area contributed by atoms with Crippen molar-refractivity contribution < 1.29 is 0 Å². The van der Waals surface area contributed by atoms with Crippen molar-refractivity contribution in [2.75, 3.05) is 0 Å². The van der Waals surface area contributed by atoms with Gasteiger partial charge in [0.05, 0.1) is 68.3 Å². The van der Waals surface area contributed by atoms with Crippen molar-refractivity contribution in [2.24, 2.45) is 0 Å². The average Bonchev–Trinajstić information content (AvgIpc) is 3.92. The van der Waals surface area contributed by atoms with E-state index in [4.69, 9.17) is 15.0 Å². The summed E-state index contributed by atoms with van der Waals surface area (Å²) >= 11 is 0. The van der Waals surface area contributed by atoms with E-state index in [0.29, 0.717) is 34.2 Å². The second kappa shape index (κ2) is 16.2. The van der Waals surface area contributed by atoms with Crippen LogP contribution in [0.5, 0.6) is 0 Å². The van der Waals surface area contributed by atoms with Gasteiger partial charge in [-0.2, -0.15) is 15.8 Å². The first-order valence-corrected chi connectivity index (χ1v) is 22.1. The summed E-state index contributed by atoms with van der Waals surface area (Å²) in [6.07, 6.45) is 0. The van der Waals surface area contributed by atoms with Crippen LogP contribution in [-0.4, -0.2) is 24.1 Å². The molecule has 0 bridgehead atoms. The maximum absolute atomic E-state index is 9.99. The van der Waals surface area contributed by atoms with Crippen LogP contribution in [0.1, 0.15) is 16.7 Å². The van der Waals surface area contributed by atoms with Gasteiger partial charge in [0.25, 0.3) is 0 Å². The standard InChI is InChI=1S/C60H34N8/c61-35-38-19-23-41(24-20-38)48-33-44(25-29-54(48)67-52-17-9-7-15-46(52)50-31-39(36-62)21-27-56(50)67)49-34-45(60-65-58(42-11-3-1-4-12-42)64-59(66-60)43-13-5-2-6-14-43)26-30-55(49)68-53-18-10-8-16-47(53)51-32-40(37-63)22-28-57(51)68/h1-34H. The molecule has 0 spiro atoms. The minimum Gasteiger partial charge on any atom is -0.309 e. The van der Waals surface area contributed by atoms with E-state index in [2.05, 4.69) is 88.0 Å². The predicted molar refractivity (Wildman–Crippen MR) is 270 cm³/mol. The molecular weight excluding hydrogens is 833 g/mol. The molecule has 0 atom stereocenters.